The topological polar surface area (TPSA) is 60.5 Å². The number of aromatic nitrogens is 1. The first-order valence-corrected chi connectivity index (χ1v) is 8.03. The van der Waals surface area contributed by atoms with Gasteiger partial charge in [-0.15, -0.1) is 11.3 Å². The number of rotatable bonds is 6. The van der Waals surface area contributed by atoms with E-state index in [1.807, 2.05) is 5.38 Å². The van der Waals surface area contributed by atoms with Gasteiger partial charge in [-0.05, 0) is 25.0 Å². The number of ether oxygens (including phenoxy) is 2. The number of nitrogens with zero attached hydrogens (tertiary/aromatic N) is 1. The minimum Gasteiger partial charge on any atom is -0.497 e. The molecule has 0 saturated heterocycles. The van der Waals surface area contributed by atoms with Crippen LogP contribution in [0.5, 0.6) is 11.5 Å². The van der Waals surface area contributed by atoms with Gasteiger partial charge in [0, 0.05) is 22.9 Å². The summed E-state index contributed by atoms with van der Waals surface area (Å²) >= 11 is 1.68. The molecule has 0 unspecified atom stereocenters. The minimum atomic E-state index is -0.168. The predicted molar refractivity (Wildman–Crippen MR) is 84.8 cm³/mol. The summed E-state index contributed by atoms with van der Waals surface area (Å²) < 4.78 is 10.4. The second-order valence-corrected chi connectivity index (χ2v) is 6.13. The molecule has 1 saturated carbocycles. The van der Waals surface area contributed by atoms with Crippen molar-refractivity contribution in [1.82, 2.24) is 10.3 Å². The maximum Gasteiger partial charge on any atom is 0.251 e. The highest BCUT2D eigenvalue weighted by Gasteiger charge is 2.26. The van der Waals surface area contributed by atoms with Crippen LogP contribution in [-0.4, -0.2) is 25.1 Å². The molecule has 6 heteroatoms. The van der Waals surface area contributed by atoms with Gasteiger partial charge in [0.1, 0.15) is 11.5 Å². The van der Waals surface area contributed by atoms with E-state index < -0.39 is 0 Å². The second-order valence-electron chi connectivity index (χ2n) is 5.24. The number of benzene rings is 1. The van der Waals surface area contributed by atoms with E-state index in [1.54, 1.807) is 43.8 Å². The molecule has 1 aromatic carbocycles. The molecule has 1 aliphatic rings. The molecule has 1 heterocycles. The van der Waals surface area contributed by atoms with Crippen LogP contribution in [0.1, 0.15) is 39.8 Å². The van der Waals surface area contributed by atoms with Gasteiger partial charge in [0.15, 0.2) is 0 Å². The van der Waals surface area contributed by atoms with Gasteiger partial charge in [0.2, 0.25) is 0 Å². The van der Waals surface area contributed by atoms with Crippen LogP contribution in [0.25, 0.3) is 0 Å². The van der Waals surface area contributed by atoms with E-state index in [0.717, 1.165) is 5.69 Å². The van der Waals surface area contributed by atoms with Gasteiger partial charge in [-0.1, -0.05) is 0 Å². The lowest BCUT2D eigenvalue weighted by Gasteiger charge is -2.08. The molecule has 1 N–H and O–H groups in total. The van der Waals surface area contributed by atoms with Crippen molar-refractivity contribution >= 4 is 17.2 Å². The minimum absolute atomic E-state index is 0.168. The van der Waals surface area contributed by atoms with Crippen molar-refractivity contribution in [2.75, 3.05) is 14.2 Å². The Morgan fingerprint density at radius 3 is 2.55 bits per heavy atom. The summed E-state index contributed by atoms with van der Waals surface area (Å²) in [5.41, 5.74) is 1.42. The summed E-state index contributed by atoms with van der Waals surface area (Å²) in [7, 11) is 3.12. The Labute approximate surface area is 133 Å². The fourth-order valence-corrected chi connectivity index (χ4v) is 3.12. The molecular weight excluding hydrogens is 300 g/mol. The average Bonchev–Trinajstić information content (AvgIpc) is 3.30. The number of hydrogen-bond acceptors (Lipinski definition) is 5. The van der Waals surface area contributed by atoms with Crippen LogP contribution in [0.4, 0.5) is 0 Å². The summed E-state index contributed by atoms with van der Waals surface area (Å²) in [6, 6.07) is 5.11. The Bertz CT molecular complexity index is 658. The van der Waals surface area contributed by atoms with Crippen molar-refractivity contribution < 1.29 is 14.3 Å². The molecule has 1 aliphatic carbocycles. The number of nitrogens with one attached hydrogen (secondary N) is 1. The monoisotopic (exact) mass is 318 g/mol. The Balaban J connectivity index is 1.65. The maximum atomic E-state index is 12.3. The van der Waals surface area contributed by atoms with E-state index >= 15 is 0 Å². The van der Waals surface area contributed by atoms with Gasteiger partial charge in [-0.3, -0.25) is 4.79 Å². The number of thiazole rings is 1. The smallest absolute Gasteiger partial charge is 0.251 e. The largest absolute Gasteiger partial charge is 0.497 e. The van der Waals surface area contributed by atoms with Gasteiger partial charge >= 0.3 is 0 Å². The lowest BCUT2D eigenvalue weighted by molar-refractivity contribution is 0.0949. The van der Waals surface area contributed by atoms with Crippen LogP contribution < -0.4 is 14.8 Å². The first kappa shape index (κ1) is 14.8. The van der Waals surface area contributed by atoms with Gasteiger partial charge in [-0.25, -0.2) is 4.98 Å². The lowest BCUT2D eigenvalue weighted by atomic mass is 10.2. The molecule has 0 bridgehead atoms. The van der Waals surface area contributed by atoms with Crippen molar-refractivity contribution in [3.05, 3.63) is 39.8 Å². The molecule has 1 aromatic heterocycles. The summed E-state index contributed by atoms with van der Waals surface area (Å²) in [5, 5.41) is 6.09. The highest BCUT2D eigenvalue weighted by atomic mass is 32.1. The molecule has 1 fully saturated rings. The molecule has 22 heavy (non-hydrogen) atoms. The molecule has 5 nitrogen and oxygen atoms in total. The zero-order valence-corrected chi connectivity index (χ0v) is 13.4. The number of hydrogen-bond donors (Lipinski definition) is 1. The standard InChI is InChI=1S/C16H18N2O3S/c1-20-13-5-11(6-14(7-13)21-2)15(19)17-8-12-9-22-16(18-12)10-3-4-10/h5-7,9-10H,3-4,8H2,1-2H3,(H,17,19). The first-order valence-electron chi connectivity index (χ1n) is 7.15. The van der Waals surface area contributed by atoms with Gasteiger partial charge in [0.05, 0.1) is 31.5 Å². The molecule has 116 valence electrons. The van der Waals surface area contributed by atoms with Crippen molar-refractivity contribution in [3.8, 4) is 11.5 Å². The van der Waals surface area contributed by atoms with E-state index in [4.69, 9.17) is 9.47 Å². The molecule has 0 radical (unpaired) electrons. The maximum absolute atomic E-state index is 12.3. The molecule has 0 atom stereocenters. The summed E-state index contributed by atoms with van der Waals surface area (Å²) in [5.74, 6) is 1.67. The van der Waals surface area contributed by atoms with Crippen molar-refractivity contribution in [3.63, 3.8) is 0 Å². The molecular formula is C16H18N2O3S. The fraction of sp³-hybridized carbons (Fsp3) is 0.375. The third-order valence-electron chi connectivity index (χ3n) is 3.54. The van der Waals surface area contributed by atoms with Gasteiger partial charge < -0.3 is 14.8 Å². The zero-order chi connectivity index (χ0) is 15.5. The molecule has 0 aliphatic heterocycles. The van der Waals surface area contributed by atoms with E-state index in [-0.39, 0.29) is 5.91 Å². The van der Waals surface area contributed by atoms with Crippen LogP contribution in [0.15, 0.2) is 23.6 Å². The Hall–Kier alpha value is -2.08. The third kappa shape index (κ3) is 3.39. The highest BCUT2D eigenvalue weighted by molar-refractivity contribution is 7.09. The predicted octanol–water partition coefficient (Wildman–Crippen LogP) is 2.97. The van der Waals surface area contributed by atoms with Crippen LogP contribution in [0.3, 0.4) is 0 Å². The fourth-order valence-electron chi connectivity index (χ4n) is 2.13. The molecule has 1 amide bonds. The normalized spacial score (nSPS) is 13.7. The van der Waals surface area contributed by atoms with Gasteiger partial charge in [0.25, 0.3) is 5.91 Å². The zero-order valence-electron chi connectivity index (χ0n) is 12.6. The van der Waals surface area contributed by atoms with Crippen molar-refractivity contribution in [1.29, 1.82) is 0 Å². The lowest BCUT2D eigenvalue weighted by Crippen LogP contribution is -2.23. The Kier molecular flexibility index (Phi) is 4.29. The van der Waals surface area contributed by atoms with Crippen LogP contribution in [-0.2, 0) is 6.54 Å². The second kappa shape index (κ2) is 6.36. The number of carbonyl (C=O) groups excluding carboxylic acids is 1. The van der Waals surface area contributed by atoms with E-state index in [9.17, 15) is 4.79 Å². The van der Waals surface area contributed by atoms with Crippen molar-refractivity contribution in [2.24, 2.45) is 0 Å². The summed E-state index contributed by atoms with van der Waals surface area (Å²) in [6.07, 6.45) is 2.48. The molecule has 0 spiro atoms. The van der Waals surface area contributed by atoms with Crippen molar-refractivity contribution in [2.45, 2.75) is 25.3 Å². The first-order chi connectivity index (χ1) is 10.7. The quantitative estimate of drug-likeness (QED) is 0.889. The molecule has 2 aromatic rings. The average molecular weight is 318 g/mol. The Morgan fingerprint density at radius 1 is 1.27 bits per heavy atom. The van der Waals surface area contributed by atoms with Gasteiger partial charge in [-0.2, -0.15) is 0 Å². The van der Waals surface area contributed by atoms with E-state index in [2.05, 4.69) is 10.3 Å². The third-order valence-corrected chi connectivity index (χ3v) is 4.60. The summed E-state index contributed by atoms with van der Waals surface area (Å²) in [4.78, 5) is 16.8. The van der Waals surface area contributed by atoms with Crippen LogP contribution >= 0.6 is 11.3 Å². The van der Waals surface area contributed by atoms with E-state index in [1.165, 1.54) is 17.8 Å². The number of carbonyl (C=O) groups is 1. The van der Waals surface area contributed by atoms with E-state index in [0.29, 0.717) is 29.5 Å². The summed E-state index contributed by atoms with van der Waals surface area (Å²) in [6.45, 7) is 0.432. The number of amides is 1. The van der Waals surface area contributed by atoms with Crippen LogP contribution in [0, 0.1) is 0 Å². The SMILES string of the molecule is COc1cc(OC)cc(C(=O)NCc2csc(C3CC3)n2)c1. The number of methoxy groups -OCH3 is 2. The highest BCUT2D eigenvalue weighted by Crippen LogP contribution is 2.41. The Morgan fingerprint density at radius 2 is 1.95 bits per heavy atom. The van der Waals surface area contributed by atoms with Crippen LogP contribution in [0.2, 0.25) is 0 Å². The molecule has 3 rings (SSSR count).